The summed E-state index contributed by atoms with van der Waals surface area (Å²) in [7, 11) is -2.88. The molecule has 0 heterocycles. The van der Waals surface area contributed by atoms with Gasteiger partial charge in [-0.2, -0.15) is 0 Å². The number of carbonyl (C=O) groups excluding carboxylic acids is 1. The molecular formula is C10H13O5P. The van der Waals surface area contributed by atoms with Crippen LogP contribution in [-0.2, 0) is 4.57 Å². The van der Waals surface area contributed by atoms with Crippen LogP contribution in [0, 0.1) is 0 Å². The lowest BCUT2D eigenvalue weighted by atomic mass is 10.1. The highest BCUT2D eigenvalue weighted by atomic mass is 31.2. The van der Waals surface area contributed by atoms with Gasteiger partial charge in [0.15, 0.2) is 5.78 Å². The Kier molecular flexibility index (Phi) is 3.86. The van der Waals surface area contributed by atoms with Crippen LogP contribution >= 0.6 is 7.60 Å². The van der Waals surface area contributed by atoms with E-state index in [0.29, 0.717) is 5.75 Å². The minimum atomic E-state index is -4.38. The van der Waals surface area contributed by atoms with Crippen LogP contribution in [0.25, 0.3) is 0 Å². The van der Waals surface area contributed by atoms with Crippen molar-refractivity contribution in [2.75, 3.05) is 7.11 Å². The van der Waals surface area contributed by atoms with Crippen molar-refractivity contribution in [2.24, 2.45) is 0 Å². The lowest BCUT2D eigenvalue weighted by molar-refractivity contribution is 0.0983. The summed E-state index contributed by atoms with van der Waals surface area (Å²) in [6, 6.07) is 6.10. The first-order valence-electron chi connectivity index (χ1n) is 4.59. The van der Waals surface area contributed by atoms with Crippen molar-refractivity contribution in [3.05, 3.63) is 29.8 Å². The van der Waals surface area contributed by atoms with Crippen LogP contribution in [0.1, 0.15) is 17.3 Å². The smallest absolute Gasteiger partial charge is 0.336 e. The molecule has 1 atom stereocenters. The normalized spacial score (nSPS) is 13.2. The SMILES string of the molecule is COc1ccc(C(=O)C(C)P(=O)(O)O)cc1. The molecule has 0 fully saturated rings. The largest absolute Gasteiger partial charge is 0.497 e. The molecule has 0 bridgehead atoms. The highest BCUT2D eigenvalue weighted by Gasteiger charge is 2.31. The lowest BCUT2D eigenvalue weighted by Crippen LogP contribution is -2.17. The molecule has 1 aromatic rings. The van der Waals surface area contributed by atoms with Gasteiger partial charge in [0, 0.05) is 5.56 Å². The van der Waals surface area contributed by atoms with Gasteiger partial charge in [0.2, 0.25) is 0 Å². The van der Waals surface area contributed by atoms with Crippen molar-refractivity contribution >= 4 is 13.4 Å². The van der Waals surface area contributed by atoms with Crippen molar-refractivity contribution in [2.45, 2.75) is 12.6 Å². The number of carbonyl (C=O) groups is 1. The van der Waals surface area contributed by atoms with Gasteiger partial charge in [-0.15, -0.1) is 0 Å². The molecule has 88 valence electrons. The number of hydrogen-bond donors (Lipinski definition) is 2. The monoisotopic (exact) mass is 244 g/mol. The number of methoxy groups -OCH3 is 1. The molecule has 0 saturated carbocycles. The van der Waals surface area contributed by atoms with E-state index in [0.717, 1.165) is 0 Å². The van der Waals surface area contributed by atoms with E-state index in [9.17, 15) is 9.36 Å². The first kappa shape index (κ1) is 12.9. The number of ketones is 1. The first-order chi connectivity index (χ1) is 7.36. The van der Waals surface area contributed by atoms with Crippen LogP contribution in [0.5, 0.6) is 5.75 Å². The van der Waals surface area contributed by atoms with Crippen LogP contribution in [0.15, 0.2) is 24.3 Å². The molecule has 1 unspecified atom stereocenters. The van der Waals surface area contributed by atoms with Crippen molar-refractivity contribution in [3.8, 4) is 5.75 Å². The summed E-state index contributed by atoms with van der Waals surface area (Å²) in [5.74, 6) is 0.0105. The van der Waals surface area contributed by atoms with Crippen LogP contribution in [0.3, 0.4) is 0 Å². The first-order valence-corrected chi connectivity index (χ1v) is 6.28. The lowest BCUT2D eigenvalue weighted by Gasteiger charge is -2.12. The van der Waals surface area contributed by atoms with Crippen molar-refractivity contribution < 1.29 is 23.9 Å². The van der Waals surface area contributed by atoms with Crippen LogP contribution < -0.4 is 4.74 Å². The topological polar surface area (TPSA) is 83.8 Å². The molecule has 0 saturated heterocycles. The molecule has 0 radical (unpaired) electrons. The van der Waals surface area contributed by atoms with E-state index in [-0.39, 0.29) is 5.56 Å². The van der Waals surface area contributed by atoms with Crippen molar-refractivity contribution in [1.82, 2.24) is 0 Å². The molecule has 0 amide bonds. The second kappa shape index (κ2) is 4.78. The van der Waals surface area contributed by atoms with E-state index >= 15 is 0 Å². The van der Waals surface area contributed by atoms with Gasteiger partial charge < -0.3 is 14.5 Å². The molecule has 0 aliphatic rings. The molecule has 1 aromatic carbocycles. The summed E-state index contributed by atoms with van der Waals surface area (Å²) in [4.78, 5) is 29.4. The molecule has 1 rings (SSSR count). The van der Waals surface area contributed by atoms with Gasteiger partial charge in [0.05, 0.1) is 7.11 Å². The van der Waals surface area contributed by atoms with Crippen molar-refractivity contribution in [3.63, 3.8) is 0 Å². The van der Waals surface area contributed by atoms with E-state index in [1.54, 1.807) is 12.1 Å². The Bertz CT molecular complexity index is 419. The minimum Gasteiger partial charge on any atom is -0.497 e. The molecule has 0 aliphatic carbocycles. The molecule has 0 aliphatic heterocycles. The number of ether oxygens (including phenoxy) is 1. The van der Waals surface area contributed by atoms with Crippen LogP contribution in [0.2, 0.25) is 0 Å². The molecule has 0 aromatic heterocycles. The third kappa shape index (κ3) is 2.92. The Morgan fingerprint density at radius 2 is 1.81 bits per heavy atom. The second-order valence-electron chi connectivity index (χ2n) is 3.36. The second-order valence-corrected chi connectivity index (χ2v) is 5.31. The van der Waals surface area contributed by atoms with Gasteiger partial charge in [0.1, 0.15) is 11.4 Å². The summed E-state index contributed by atoms with van der Waals surface area (Å²) in [5, 5.41) is 0. The Hall–Kier alpha value is -1.16. The predicted octanol–water partition coefficient (Wildman–Crippen LogP) is 1.44. The van der Waals surface area contributed by atoms with Gasteiger partial charge >= 0.3 is 7.60 Å². The average molecular weight is 244 g/mol. The van der Waals surface area contributed by atoms with E-state index in [4.69, 9.17) is 14.5 Å². The highest BCUT2D eigenvalue weighted by molar-refractivity contribution is 7.53. The zero-order chi connectivity index (χ0) is 12.3. The summed E-state index contributed by atoms with van der Waals surface area (Å²) in [6.07, 6.45) is 0. The maximum atomic E-state index is 11.7. The zero-order valence-electron chi connectivity index (χ0n) is 8.95. The number of rotatable bonds is 4. The van der Waals surface area contributed by atoms with Gasteiger partial charge in [-0.25, -0.2) is 0 Å². The van der Waals surface area contributed by atoms with E-state index in [1.807, 2.05) is 0 Å². The number of hydrogen-bond acceptors (Lipinski definition) is 3. The predicted molar refractivity (Wildman–Crippen MR) is 58.8 cm³/mol. The summed E-state index contributed by atoms with van der Waals surface area (Å²) >= 11 is 0. The number of Topliss-reactive ketones (excluding diaryl/α,β-unsaturated/α-hetero) is 1. The standard InChI is InChI=1S/C10H13O5P/c1-7(16(12,13)14)10(11)8-3-5-9(15-2)6-4-8/h3-7H,1-2H3,(H2,12,13,14). The minimum absolute atomic E-state index is 0.261. The molecule has 16 heavy (non-hydrogen) atoms. The Balaban J connectivity index is 2.93. The van der Waals surface area contributed by atoms with E-state index < -0.39 is 19.0 Å². The Morgan fingerprint density at radius 3 is 2.19 bits per heavy atom. The third-order valence-electron chi connectivity index (χ3n) is 2.26. The van der Waals surface area contributed by atoms with Gasteiger partial charge in [-0.05, 0) is 31.2 Å². The molecule has 6 heteroatoms. The summed E-state index contributed by atoms with van der Waals surface area (Å²) in [6.45, 7) is 1.22. The summed E-state index contributed by atoms with van der Waals surface area (Å²) in [5.41, 5.74) is -1.06. The quantitative estimate of drug-likeness (QED) is 0.618. The van der Waals surface area contributed by atoms with Gasteiger partial charge in [0.25, 0.3) is 0 Å². The summed E-state index contributed by atoms with van der Waals surface area (Å²) < 4.78 is 15.8. The molecule has 0 spiro atoms. The Morgan fingerprint density at radius 1 is 1.31 bits per heavy atom. The van der Waals surface area contributed by atoms with Crippen molar-refractivity contribution in [1.29, 1.82) is 0 Å². The molecule has 2 N–H and O–H groups in total. The van der Waals surface area contributed by atoms with Gasteiger partial charge in [-0.1, -0.05) is 0 Å². The highest BCUT2D eigenvalue weighted by Crippen LogP contribution is 2.42. The number of benzene rings is 1. The maximum absolute atomic E-state index is 11.7. The van der Waals surface area contributed by atoms with Crippen LogP contribution in [0.4, 0.5) is 0 Å². The fraction of sp³-hybridized carbons (Fsp3) is 0.300. The fourth-order valence-corrected chi connectivity index (χ4v) is 1.60. The molecular weight excluding hydrogens is 231 g/mol. The Labute approximate surface area is 93.2 Å². The van der Waals surface area contributed by atoms with E-state index in [1.165, 1.54) is 26.2 Å². The molecule has 5 nitrogen and oxygen atoms in total. The maximum Gasteiger partial charge on any atom is 0.336 e. The van der Waals surface area contributed by atoms with Gasteiger partial charge in [-0.3, -0.25) is 9.36 Å². The third-order valence-corrected chi connectivity index (χ3v) is 3.50. The zero-order valence-corrected chi connectivity index (χ0v) is 9.85. The van der Waals surface area contributed by atoms with Crippen LogP contribution in [-0.4, -0.2) is 28.3 Å². The van der Waals surface area contributed by atoms with E-state index in [2.05, 4.69) is 0 Å². The fourth-order valence-electron chi connectivity index (χ4n) is 1.15. The average Bonchev–Trinajstić information content (AvgIpc) is 2.26.